The van der Waals surface area contributed by atoms with Gasteiger partial charge in [0.2, 0.25) is 0 Å². The van der Waals surface area contributed by atoms with Gasteiger partial charge >= 0.3 is 0 Å². The number of nitrogens with one attached hydrogen (secondary N) is 1. The van der Waals surface area contributed by atoms with Gasteiger partial charge in [-0.3, -0.25) is 0 Å². The number of rotatable bonds is 4. The van der Waals surface area contributed by atoms with Crippen molar-refractivity contribution in [2.45, 2.75) is 20.0 Å². The summed E-state index contributed by atoms with van der Waals surface area (Å²) >= 11 is 1.61. The number of aliphatic imine (C=N–C) groups is 1. The number of aromatic nitrogens is 1. The van der Waals surface area contributed by atoms with Gasteiger partial charge in [-0.25, -0.2) is 9.98 Å². The highest BCUT2D eigenvalue weighted by molar-refractivity contribution is 8.93. The minimum Gasteiger partial charge on any atom is -0.467 e. The summed E-state index contributed by atoms with van der Waals surface area (Å²) in [6.07, 6.45) is 1.63. The van der Waals surface area contributed by atoms with Crippen LogP contribution in [0.5, 0.6) is 0 Å². The molecule has 2 aromatic heterocycles. The third kappa shape index (κ3) is 4.50. The third-order valence-corrected chi connectivity index (χ3v) is 2.92. The SMILES string of the molecule is Br.Cc1nc(CN=C(N)NCc2ccco2)cs1. The van der Waals surface area contributed by atoms with E-state index in [9.17, 15) is 0 Å². The standard InChI is InChI=1S/C11H14N4OS.BrH/c1-8-15-9(7-17-8)5-13-11(12)14-6-10-3-2-4-16-10;/h2-4,7H,5-6H2,1H3,(H3,12,13,14);1H. The molecule has 0 saturated heterocycles. The molecule has 0 fully saturated rings. The predicted octanol–water partition coefficient (Wildman–Crippen LogP) is 2.23. The van der Waals surface area contributed by atoms with E-state index in [0.29, 0.717) is 19.0 Å². The van der Waals surface area contributed by atoms with Crippen LogP contribution in [-0.2, 0) is 13.1 Å². The van der Waals surface area contributed by atoms with E-state index in [1.807, 2.05) is 24.4 Å². The summed E-state index contributed by atoms with van der Waals surface area (Å²) in [5, 5.41) is 6.00. The van der Waals surface area contributed by atoms with E-state index in [0.717, 1.165) is 16.5 Å². The summed E-state index contributed by atoms with van der Waals surface area (Å²) in [5.41, 5.74) is 6.66. The molecule has 18 heavy (non-hydrogen) atoms. The summed E-state index contributed by atoms with van der Waals surface area (Å²) < 4.78 is 5.17. The van der Waals surface area contributed by atoms with Crippen LogP contribution in [0.25, 0.3) is 0 Å². The summed E-state index contributed by atoms with van der Waals surface area (Å²) in [4.78, 5) is 8.50. The van der Waals surface area contributed by atoms with Crippen molar-refractivity contribution in [3.63, 3.8) is 0 Å². The fraction of sp³-hybridized carbons (Fsp3) is 0.273. The Hall–Kier alpha value is -1.34. The first-order valence-corrected chi connectivity index (χ1v) is 6.09. The minimum absolute atomic E-state index is 0. The number of halogens is 1. The Morgan fingerprint density at radius 3 is 3.06 bits per heavy atom. The van der Waals surface area contributed by atoms with Gasteiger partial charge in [-0.1, -0.05) is 0 Å². The Labute approximate surface area is 120 Å². The van der Waals surface area contributed by atoms with Gasteiger partial charge in [-0.05, 0) is 19.1 Å². The smallest absolute Gasteiger partial charge is 0.189 e. The van der Waals surface area contributed by atoms with Gasteiger partial charge in [0.25, 0.3) is 0 Å². The largest absolute Gasteiger partial charge is 0.467 e. The second-order valence-electron chi connectivity index (χ2n) is 3.49. The zero-order valence-corrected chi connectivity index (χ0v) is 12.4. The average molecular weight is 331 g/mol. The fourth-order valence-electron chi connectivity index (χ4n) is 1.29. The molecule has 2 aromatic rings. The van der Waals surface area contributed by atoms with Gasteiger partial charge < -0.3 is 15.5 Å². The minimum atomic E-state index is 0. The molecule has 0 unspecified atom stereocenters. The van der Waals surface area contributed by atoms with Crippen LogP contribution in [-0.4, -0.2) is 10.9 Å². The molecule has 0 aliphatic rings. The first kappa shape index (κ1) is 14.7. The van der Waals surface area contributed by atoms with Crippen LogP contribution in [0.2, 0.25) is 0 Å². The van der Waals surface area contributed by atoms with E-state index in [2.05, 4.69) is 15.3 Å². The highest BCUT2D eigenvalue weighted by Gasteiger charge is 1.99. The molecule has 0 atom stereocenters. The summed E-state index contributed by atoms with van der Waals surface area (Å²) in [7, 11) is 0. The molecule has 0 aliphatic carbocycles. The first-order valence-electron chi connectivity index (χ1n) is 5.21. The lowest BCUT2D eigenvalue weighted by Crippen LogP contribution is -2.30. The highest BCUT2D eigenvalue weighted by atomic mass is 79.9. The van der Waals surface area contributed by atoms with E-state index in [1.165, 1.54) is 0 Å². The zero-order chi connectivity index (χ0) is 12.1. The quantitative estimate of drug-likeness (QED) is 0.665. The van der Waals surface area contributed by atoms with Crippen LogP contribution >= 0.6 is 28.3 Å². The molecule has 7 heteroatoms. The van der Waals surface area contributed by atoms with Crippen LogP contribution in [0.3, 0.4) is 0 Å². The molecule has 0 bridgehead atoms. The molecule has 3 N–H and O–H groups in total. The summed E-state index contributed by atoms with van der Waals surface area (Å²) in [6.45, 7) is 3.01. The lowest BCUT2D eigenvalue weighted by atomic mass is 10.4. The molecule has 0 saturated carbocycles. The molecule has 0 aromatic carbocycles. The second-order valence-corrected chi connectivity index (χ2v) is 4.55. The van der Waals surface area contributed by atoms with Crippen molar-refractivity contribution in [2.75, 3.05) is 0 Å². The molecule has 5 nitrogen and oxygen atoms in total. The molecule has 2 heterocycles. The Kier molecular flexibility index (Phi) is 5.87. The number of nitrogens with two attached hydrogens (primary N) is 1. The van der Waals surface area contributed by atoms with Crippen LogP contribution < -0.4 is 11.1 Å². The zero-order valence-electron chi connectivity index (χ0n) is 9.92. The maximum atomic E-state index is 5.72. The maximum Gasteiger partial charge on any atom is 0.189 e. The number of thiazole rings is 1. The van der Waals surface area contributed by atoms with Crippen molar-refractivity contribution in [1.29, 1.82) is 0 Å². The number of aryl methyl sites for hydroxylation is 1. The van der Waals surface area contributed by atoms with Crippen molar-refractivity contribution in [3.05, 3.63) is 40.2 Å². The predicted molar refractivity (Wildman–Crippen MR) is 78.0 cm³/mol. The van der Waals surface area contributed by atoms with E-state index in [4.69, 9.17) is 10.2 Å². The average Bonchev–Trinajstić information content (AvgIpc) is 2.95. The normalized spacial score (nSPS) is 11.1. The lowest BCUT2D eigenvalue weighted by Gasteiger charge is -2.02. The van der Waals surface area contributed by atoms with Crippen molar-refractivity contribution in [2.24, 2.45) is 10.7 Å². The van der Waals surface area contributed by atoms with Crippen molar-refractivity contribution in [3.8, 4) is 0 Å². The van der Waals surface area contributed by atoms with E-state index in [-0.39, 0.29) is 17.0 Å². The number of nitrogens with zero attached hydrogens (tertiary/aromatic N) is 2. The summed E-state index contributed by atoms with van der Waals surface area (Å²) in [6, 6.07) is 3.71. The molecule has 0 radical (unpaired) electrons. The van der Waals surface area contributed by atoms with Gasteiger partial charge in [0.05, 0.1) is 30.1 Å². The topological polar surface area (TPSA) is 76.4 Å². The molecule has 0 amide bonds. The molecule has 98 valence electrons. The Balaban J connectivity index is 0.00000162. The Morgan fingerprint density at radius 2 is 2.44 bits per heavy atom. The Bertz CT molecular complexity index is 495. The van der Waals surface area contributed by atoms with Gasteiger partial charge in [0, 0.05) is 5.38 Å². The van der Waals surface area contributed by atoms with Gasteiger partial charge in [0.1, 0.15) is 5.76 Å². The summed E-state index contributed by atoms with van der Waals surface area (Å²) in [5.74, 6) is 1.22. The molecule has 0 spiro atoms. The second kappa shape index (κ2) is 7.17. The number of hydrogen-bond acceptors (Lipinski definition) is 4. The van der Waals surface area contributed by atoms with Gasteiger partial charge in [0.15, 0.2) is 5.96 Å². The molecular formula is C11H15BrN4OS. The van der Waals surface area contributed by atoms with Gasteiger partial charge in [-0.2, -0.15) is 0 Å². The highest BCUT2D eigenvalue weighted by Crippen LogP contribution is 2.08. The van der Waals surface area contributed by atoms with Crippen LogP contribution in [0.4, 0.5) is 0 Å². The fourth-order valence-corrected chi connectivity index (χ4v) is 1.90. The number of furan rings is 1. The molecule has 2 rings (SSSR count). The van der Waals surface area contributed by atoms with Crippen molar-refractivity contribution >= 4 is 34.3 Å². The third-order valence-electron chi connectivity index (χ3n) is 2.10. The van der Waals surface area contributed by atoms with E-state index >= 15 is 0 Å². The van der Waals surface area contributed by atoms with E-state index < -0.39 is 0 Å². The lowest BCUT2D eigenvalue weighted by molar-refractivity contribution is 0.502. The Morgan fingerprint density at radius 1 is 1.61 bits per heavy atom. The number of hydrogen-bond donors (Lipinski definition) is 2. The first-order chi connectivity index (χ1) is 8.24. The van der Waals surface area contributed by atoms with E-state index in [1.54, 1.807) is 17.6 Å². The monoisotopic (exact) mass is 330 g/mol. The van der Waals surface area contributed by atoms with Crippen molar-refractivity contribution < 1.29 is 4.42 Å². The number of guanidine groups is 1. The van der Waals surface area contributed by atoms with Crippen LogP contribution in [0.15, 0.2) is 33.2 Å². The van der Waals surface area contributed by atoms with Crippen LogP contribution in [0.1, 0.15) is 16.5 Å². The van der Waals surface area contributed by atoms with Gasteiger partial charge in [-0.15, -0.1) is 28.3 Å². The van der Waals surface area contributed by atoms with Crippen LogP contribution in [0, 0.1) is 6.92 Å². The molecular weight excluding hydrogens is 316 g/mol. The maximum absolute atomic E-state index is 5.72. The molecule has 0 aliphatic heterocycles. The van der Waals surface area contributed by atoms with Crippen molar-refractivity contribution in [1.82, 2.24) is 10.3 Å².